The molecule has 1 heterocycles. The lowest BCUT2D eigenvalue weighted by Crippen LogP contribution is -2.47. The zero-order chi connectivity index (χ0) is 14.0. The van der Waals surface area contributed by atoms with E-state index < -0.39 is 5.82 Å². The Morgan fingerprint density at radius 2 is 2.26 bits per heavy atom. The van der Waals surface area contributed by atoms with Gasteiger partial charge in [0.05, 0.1) is 5.56 Å². The summed E-state index contributed by atoms with van der Waals surface area (Å²) in [5.41, 5.74) is 6.33. The number of rotatable bonds is 2. The van der Waals surface area contributed by atoms with Crippen molar-refractivity contribution in [2.45, 2.75) is 18.9 Å². The van der Waals surface area contributed by atoms with Gasteiger partial charge in [-0.15, -0.1) is 0 Å². The Balaban J connectivity index is 2.16. The van der Waals surface area contributed by atoms with Crippen molar-refractivity contribution in [3.63, 3.8) is 0 Å². The number of carbonyl (C=O) groups is 1. The summed E-state index contributed by atoms with van der Waals surface area (Å²) in [6, 6.07) is 4.07. The van der Waals surface area contributed by atoms with Crippen LogP contribution in [0.4, 0.5) is 10.1 Å². The Labute approximate surface area is 113 Å². The molecule has 1 amide bonds. The number of carbonyl (C=O) groups excluding carboxylic acids is 1. The number of likely N-dealkylation sites (tertiary alicyclic amines) is 1. The van der Waals surface area contributed by atoms with Crippen LogP contribution in [0.5, 0.6) is 0 Å². The fraction of sp³-hybridized carbons (Fsp3) is 0.500. The van der Waals surface area contributed by atoms with E-state index in [9.17, 15) is 9.18 Å². The van der Waals surface area contributed by atoms with Gasteiger partial charge in [-0.25, -0.2) is 4.39 Å². The zero-order valence-corrected chi connectivity index (χ0v) is 11.4. The maximum atomic E-state index is 13.2. The van der Waals surface area contributed by atoms with Gasteiger partial charge in [0.25, 0.3) is 5.91 Å². The second-order valence-electron chi connectivity index (χ2n) is 5.21. The molecule has 1 fully saturated rings. The molecule has 1 aromatic carbocycles. The van der Waals surface area contributed by atoms with Gasteiger partial charge in [0, 0.05) is 25.3 Å². The minimum absolute atomic E-state index is 0.161. The van der Waals surface area contributed by atoms with Gasteiger partial charge in [0.1, 0.15) is 5.82 Å². The van der Waals surface area contributed by atoms with E-state index in [1.54, 1.807) is 11.9 Å². The Morgan fingerprint density at radius 1 is 1.53 bits per heavy atom. The fourth-order valence-electron chi connectivity index (χ4n) is 2.52. The van der Waals surface area contributed by atoms with Crippen LogP contribution in [0.3, 0.4) is 0 Å². The quantitative estimate of drug-likeness (QED) is 0.826. The summed E-state index contributed by atoms with van der Waals surface area (Å²) in [7, 11) is 3.80. The molecule has 2 rings (SSSR count). The maximum Gasteiger partial charge on any atom is 0.256 e. The van der Waals surface area contributed by atoms with E-state index in [2.05, 4.69) is 4.90 Å². The zero-order valence-electron chi connectivity index (χ0n) is 11.4. The summed E-state index contributed by atoms with van der Waals surface area (Å²) in [5, 5.41) is 0. The molecule has 1 atom stereocenters. The molecule has 4 nitrogen and oxygen atoms in total. The van der Waals surface area contributed by atoms with Crippen LogP contribution in [0.1, 0.15) is 23.2 Å². The molecule has 2 N–H and O–H groups in total. The van der Waals surface area contributed by atoms with Crippen LogP contribution in [-0.2, 0) is 0 Å². The van der Waals surface area contributed by atoms with Gasteiger partial charge >= 0.3 is 0 Å². The van der Waals surface area contributed by atoms with E-state index in [1.807, 2.05) is 7.05 Å². The molecule has 1 aromatic rings. The highest BCUT2D eigenvalue weighted by Crippen LogP contribution is 2.19. The summed E-state index contributed by atoms with van der Waals surface area (Å²) >= 11 is 0. The summed E-state index contributed by atoms with van der Waals surface area (Å²) in [4.78, 5) is 16.3. The first-order chi connectivity index (χ1) is 8.99. The Hall–Kier alpha value is -1.62. The van der Waals surface area contributed by atoms with Crippen LogP contribution in [0, 0.1) is 5.82 Å². The van der Waals surface area contributed by atoms with E-state index >= 15 is 0 Å². The number of nitrogen functional groups attached to an aromatic ring is 1. The molecular formula is C14H20FN3O. The maximum absolute atomic E-state index is 13.2. The first-order valence-corrected chi connectivity index (χ1v) is 6.50. The Bertz CT molecular complexity index is 478. The average Bonchev–Trinajstić information content (AvgIpc) is 2.40. The molecular weight excluding hydrogens is 245 g/mol. The van der Waals surface area contributed by atoms with E-state index in [0.717, 1.165) is 25.9 Å². The Kier molecular flexibility index (Phi) is 4.04. The van der Waals surface area contributed by atoms with Crippen molar-refractivity contribution in [1.82, 2.24) is 9.80 Å². The molecule has 0 saturated carbocycles. The van der Waals surface area contributed by atoms with Gasteiger partial charge in [0.15, 0.2) is 0 Å². The molecule has 1 aliphatic rings. The summed E-state index contributed by atoms with van der Waals surface area (Å²) in [6.07, 6.45) is 2.04. The fourth-order valence-corrected chi connectivity index (χ4v) is 2.52. The number of halogens is 1. The van der Waals surface area contributed by atoms with Crippen LogP contribution >= 0.6 is 0 Å². The molecule has 5 heteroatoms. The lowest BCUT2D eigenvalue weighted by molar-refractivity contribution is 0.0644. The third-order valence-corrected chi connectivity index (χ3v) is 3.71. The molecule has 0 aromatic heterocycles. The minimum Gasteiger partial charge on any atom is -0.398 e. The van der Waals surface area contributed by atoms with Crippen LogP contribution in [0.15, 0.2) is 18.2 Å². The lowest BCUT2D eigenvalue weighted by Gasteiger charge is -2.36. The van der Waals surface area contributed by atoms with Gasteiger partial charge in [-0.1, -0.05) is 0 Å². The van der Waals surface area contributed by atoms with Crippen LogP contribution in [0.2, 0.25) is 0 Å². The number of anilines is 1. The third kappa shape index (κ3) is 3.04. The number of benzene rings is 1. The van der Waals surface area contributed by atoms with Crippen LogP contribution < -0.4 is 5.73 Å². The summed E-state index contributed by atoms with van der Waals surface area (Å²) in [5.74, 6) is -0.649. The van der Waals surface area contributed by atoms with E-state index in [1.165, 1.54) is 18.2 Å². The van der Waals surface area contributed by atoms with Crippen molar-refractivity contribution >= 4 is 11.6 Å². The largest absolute Gasteiger partial charge is 0.398 e. The van der Waals surface area contributed by atoms with E-state index in [0.29, 0.717) is 5.69 Å². The van der Waals surface area contributed by atoms with Gasteiger partial charge in [-0.3, -0.25) is 4.79 Å². The second-order valence-corrected chi connectivity index (χ2v) is 5.21. The highest BCUT2D eigenvalue weighted by Gasteiger charge is 2.26. The minimum atomic E-state index is -0.438. The monoisotopic (exact) mass is 265 g/mol. The molecule has 19 heavy (non-hydrogen) atoms. The molecule has 0 aliphatic carbocycles. The van der Waals surface area contributed by atoms with Crippen molar-refractivity contribution in [3.05, 3.63) is 29.6 Å². The van der Waals surface area contributed by atoms with E-state index in [-0.39, 0.29) is 17.5 Å². The van der Waals surface area contributed by atoms with Gasteiger partial charge < -0.3 is 15.5 Å². The summed E-state index contributed by atoms with van der Waals surface area (Å²) < 4.78 is 13.2. The first-order valence-electron chi connectivity index (χ1n) is 6.50. The number of piperidine rings is 1. The van der Waals surface area contributed by atoms with Crippen LogP contribution in [0.25, 0.3) is 0 Å². The predicted octanol–water partition coefficient (Wildman–Crippen LogP) is 1.57. The molecule has 1 aliphatic heterocycles. The number of nitrogens with zero attached hydrogens (tertiary/aromatic N) is 2. The number of hydrogen-bond donors (Lipinski definition) is 1. The molecule has 104 valence electrons. The molecule has 1 saturated heterocycles. The van der Waals surface area contributed by atoms with Gasteiger partial charge in [-0.2, -0.15) is 0 Å². The van der Waals surface area contributed by atoms with Crippen molar-refractivity contribution in [1.29, 1.82) is 0 Å². The molecule has 0 radical (unpaired) electrons. The van der Waals surface area contributed by atoms with Gasteiger partial charge in [-0.05, 0) is 44.6 Å². The number of amides is 1. The highest BCUT2D eigenvalue weighted by atomic mass is 19.1. The normalized spacial score (nSPS) is 20.3. The molecule has 1 unspecified atom stereocenters. The predicted molar refractivity (Wildman–Crippen MR) is 73.4 cm³/mol. The van der Waals surface area contributed by atoms with Crippen molar-refractivity contribution in [3.8, 4) is 0 Å². The first kappa shape index (κ1) is 13.8. The van der Waals surface area contributed by atoms with Crippen LogP contribution in [-0.4, -0.2) is 48.9 Å². The highest BCUT2D eigenvalue weighted by molar-refractivity contribution is 5.99. The SMILES string of the molecule is CN1CCCC(N(C)C(=O)c2cc(F)ccc2N)C1. The van der Waals surface area contributed by atoms with Crippen molar-refractivity contribution < 1.29 is 9.18 Å². The number of hydrogen-bond acceptors (Lipinski definition) is 3. The standard InChI is InChI=1S/C14H20FN3O/c1-17-7-3-4-11(9-17)18(2)14(19)12-8-10(15)5-6-13(12)16/h5-6,8,11H,3-4,7,9,16H2,1-2H3. The topological polar surface area (TPSA) is 49.6 Å². The van der Waals surface area contributed by atoms with Crippen molar-refractivity contribution in [2.24, 2.45) is 0 Å². The molecule has 0 bridgehead atoms. The van der Waals surface area contributed by atoms with Gasteiger partial charge in [0.2, 0.25) is 0 Å². The molecule has 0 spiro atoms. The average molecular weight is 265 g/mol. The second kappa shape index (κ2) is 5.57. The lowest BCUT2D eigenvalue weighted by atomic mass is 10.0. The smallest absolute Gasteiger partial charge is 0.256 e. The Morgan fingerprint density at radius 3 is 2.95 bits per heavy atom. The number of nitrogens with two attached hydrogens (primary N) is 1. The summed E-state index contributed by atoms with van der Waals surface area (Å²) in [6.45, 7) is 1.90. The third-order valence-electron chi connectivity index (χ3n) is 3.71. The number of likely N-dealkylation sites (N-methyl/N-ethyl adjacent to an activating group) is 2. The van der Waals surface area contributed by atoms with Crippen molar-refractivity contribution in [2.75, 3.05) is 32.9 Å². The van der Waals surface area contributed by atoms with E-state index in [4.69, 9.17) is 5.73 Å².